The molecule has 130 valence electrons. The standard InChI is InChI=1S/C17H25N5O2/c1-17(2,3)24-16(23)21(4)12-7-6-10-22(11-12)15-19-13-8-5-9-18-14(13)20-15/h5,8-9,12H,6-7,10-11H2,1-4H3,(H,18,19,20)/t12-/m0/s1. The topological polar surface area (TPSA) is 74.3 Å². The second-order valence-electron chi connectivity index (χ2n) is 7.27. The van der Waals surface area contributed by atoms with E-state index in [0.29, 0.717) is 0 Å². The normalized spacial score (nSPS) is 18.7. The van der Waals surface area contributed by atoms with Crippen molar-refractivity contribution in [1.82, 2.24) is 19.9 Å². The van der Waals surface area contributed by atoms with Gasteiger partial charge in [-0.15, -0.1) is 0 Å². The first-order valence-corrected chi connectivity index (χ1v) is 8.35. The van der Waals surface area contributed by atoms with Crippen molar-refractivity contribution in [2.75, 3.05) is 25.0 Å². The van der Waals surface area contributed by atoms with Crippen LogP contribution in [0.15, 0.2) is 18.3 Å². The molecule has 1 N–H and O–H groups in total. The Hall–Kier alpha value is -2.31. The highest BCUT2D eigenvalue weighted by Gasteiger charge is 2.30. The summed E-state index contributed by atoms with van der Waals surface area (Å²) in [5, 5.41) is 0. The van der Waals surface area contributed by atoms with E-state index < -0.39 is 5.60 Å². The summed E-state index contributed by atoms with van der Waals surface area (Å²) in [4.78, 5) is 28.3. The largest absolute Gasteiger partial charge is 0.444 e. The summed E-state index contributed by atoms with van der Waals surface area (Å²) < 4.78 is 5.48. The van der Waals surface area contributed by atoms with Gasteiger partial charge in [0.25, 0.3) is 0 Å². The fraction of sp³-hybridized carbons (Fsp3) is 0.588. The van der Waals surface area contributed by atoms with Gasteiger partial charge in [-0.1, -0.05) is 0 Å². The minimum Gasteiger partial charge on any atom is -0.444 e. The number of anilines is 1. The van der Waals surface area contributed by atoms with Crippen LogP contribution >= 0.6 is 0 Å². The molecule has 1 fully saturated rings. The van der Waals surface area contributed by atoms with Gasteiger partial charge in [0.1, 0.15) is 5.60 Å². The predicted molar refractivity (Wildman–Crippen MR) is 93.1 cm³/mol. The number of H-pyrrole nitrogens is 1. The summed E-state index contributed by atoms with van der Waals surface area (Å²) in [5.74, 6) is 0.811. The maximum atomic E-state index is 12.3. The van der Waals surface area contributed by atoms with Crippen molar-refractivity contribution in [1.29, 1.82) is 0 Å². The van der Waals surface area contributed by atoms with Gasteiger partial charge in [0.2, 0.25) is 5.95 Å². The molecule has 2 aromatic rings. The number of amides is 1. The van der Waals surface area contributed by atoms with Crippen LogP contribution in [-0.4, -0.2) is 57.7 Å². The summed E-state index contributed by atoms with van der Waals surface area (Å²) in [5.41, 5.74) is 1.16. The smallest absolute Gasteiger partial charge is 0.410 e. The van der Waals surface area contributed by atoms with Crippen molar-refractivity contribution >= 4 is 23.2 Å². The molecule has 1 aliphatic rings. The molecule has 7 nitrogen and oxygen atoms in total. The zero-order chi connectivity index (χ0) is 17.3. The van der Waals surface area contributed by atoms with E-state index in [9.17, 15) is 4.79 Å². The Balaban J connectivity index is 1.70. The van der Waals surface area contributed by atoms with Gasteiger partial charge in [0, 0.05) is 26.3 Å². The van der Waals surface area contributed by atoms with Gasteiger partial charge < -0.3 is 19.5 Å². The number of carbonyl (C=O) groups excluding carboxylic acids is 1. The van der Waals surface area contributed by atoms with Crippen molar-refractivity contribution in [2.24, 2.45) is 0 Å². The van der Waals surface area contributed by atoms with Crippen molar-refractivity contribution in [2.45, 2.75) is 45.3 Å². The molecule has 7 heteroatoms. The quantitative estimate of drug-likeness (QED) is 0.916. The minimum absolute atomic E-state index is 0.106. The monoisotopic (exact) mass is 331 g/mol. The van der Waals surface area contributed by atoms with E-state index in [-0.39, 0.29) is 12.1 Å². The first-order chi connectivity index (χ1) is 11.3. The lowest BCUT2D eigenvalue weighted by Crippen LogP contribution is -2.50. The first kappa shape index (κ1) is 16.5. The zero-order valence-corrected chi connectivity index (χ0v) is 14.7. The Morgan fingerprint density at radius 2 is 2.25 bits per heavy atom. The van der Waals surface area contributed by atoms with Gasteiger partial charge in [-0.05, 0) is 45.7 Å². The van der Waals surface area contributed by atoms with Crippen molar-refractivity contribution < 1.29 is 9.53 Å². The highest BCUT2D eigenvalue weighted by molar-refractivity contribution is 5.73. The molecule has 3 rings (SSSR count). The lowest BCUT2D eigenvalue weighted by Gasteiger charge is -2.37. The third-order valence-electron chi connectivity index (χ3n) is 4.17. The Labute approximate surface area is 142 Å². The minimum atomic E-state index is -0.482. The van der Waals surface area contributed by atoms with E-state index in [1.54, 1.807) is 11.1 Å². The van der Waals surface area contributed by atoms with Crippen LogP contribution in [0.2, 0.25) is 0 Å². The highest BCUT2D eigenvalue weighted by Crippen LogP contribution is 2.22. The fourth-order valence-corrected chi connectivity index (χ4v) is 2.93. The Morgan fingerprint density at radius 1 is 1.46 bits per heavy atom. The number of hydrogen-bond donors (Lipinski definition) is 1. The molecule has 0 spiro atoms. The maximum Gasteiger partial charge on any atom is 0.410 e. The molecule has 1 aliphatic heterocycles. The number of nitrogens with one attached hydrogen (secondary N) is 1. The Bertz CT molecular complexity index is 688. The molecule has 0 saturated carbocycles. The fourth-order valence-electron chi connectivity index (χ4n) is 2.93. The van der Waals surface area contributed by atoms with Crippen LogP contribution in [0, 0.1) is 0 Å². The van der Waals surface area contributed by atoms with Crippen molar-refractivity contribution in [3.63, 3.8) is 0 Å². The van der Waals surface area contributed by atoms with Gasteiger partial charge in [-0.25, -0.2) is 9.78 Å². The number of aromatic nitrogens is 3. The summed E-state index contributed by atoms with van der Waals surface area (Å²) in [6.07, 6.45) is 3.43. The number of nitrogens with zero attached hydrogens (tertiary/aromatic N) is 4. The molecule has 0 aliphatic carbocycles. The van der Waals surface area contributed by atoms with Crippen molar-refractivity contribution in [3.8, 4) is 0 Å². The third kappa shape index (κ3) is 3.60. The molecule has 0 radical (unpaired) electrons. The van der Waals surface area contributed by atoms with Gasteiger partial charge in [-0.2, -0.15) is 4.98 Å². The van der Waals surface area contributed by atoms with Crippen LogP contribution in [0.1, 0.15) is 33.6 Å². The second kappa shape index (κ2) is 6.30. The van der Waals surface area contributed by atoms with Crippen LogP contribution in [-0.2, 0) is 4.74 Å². The average molecular weight is 331 g/mol. The number of fused-ring (bicyclic) bond motifs is 1. The van der Waals surface area contributed by atoms with E-state index in [1.807, 2.05) is 40.0 Å². The van der Waals surface area contributed by atoms with Gasteiger partial charge in [0.15, 0.2) is 5.65 Å². The lowest BCUT2D eigenvalue weighted by atomic mass is 10.1. The zero-order valence-electron chi connectivity index (χ0n) is 14.7. The first-order valence-electron chi connectivity index (χ1n) is 8.35. The predicted octanol–water partition coefficient (Wildman–Crippen LogP) is 2.79. The molecule has 0 unspecified atom stereocenters. The van der Waals surface area contributed by atoms with E-state index in [2.05, 4.69) is 19.9 Å². The lowest BCUT2D eigenvalue weighted by molar-refractivity contribution is 0.0209. The molecule has 0 bridgehead atoms. The molecular formula is C17H25N5O2. The van der Waals surface area contributed by atoms with Crippen molar-refractivity contribution in [3.05, 3.63) is 18.3 Å². The molecule has 2 aromatic heterocycles. The number of ether oxygens (including phenoxy) is 1. The Morgan fingerprint density at radius 3 is 2.96 bits per heavy atom. The second-order valence-corrected chi connectivity index (χ2v) is 7.27. The van der Waals surface area contributed by atoms with E-state index >= 15 is 0 Å². The number of carbonyl (C=O) groups is 1. The van der Waals surface area contributed by atoms with Crippen LogP contribution in [0.5, 0.6) is 0 Å². The maximum absolute atomic E-state index is 12.3. The van der Waals surface area contributed by atoms with Crippen LogP contribution in [0.4, 0.5) is 10.7 Å². The highest BCUT2D eigenvalue weighted by atomic mass is 16.6. The number of pyridine rings is 1. The summed E-state index contributed by atoms with van der Waals surface area (Å²) in [6.45, 7) is 7.29. The number of hydrogen-bond acceptors (Lipinski definition) is 5. The van der Waals surface area contributed by atoms with E-state index in [0.717, 1.165) is 43.0 Å². The van der Waals surface area contributed by atoms with Crippen LogP contribution in [0.3, 0.4) is 0 Å². The molecule has 1 saturated heterocycles. The molecule has 0 aromatic carbocycles. The summed E-state index contributed by atoms with van der Waals surface area (Å²) >= 11 is 0. The molecule has 24 heavy (non-hydrogen) atoms. The number of rotatable bonds is 2. The number of piperidine rings is 1. The number of likely N-dealkylation sites (N-methyl/N-ethyl adjacent to an activating group) is 1. The molecular weight excluding hydrogens is 306 g/mol. The molecule has 1 amide bonds. The van der Waals surface area contributed by atoms with Crippen LogP contribution in [0.25, 0.3) is 11.2 Å². The summed E-state index contributed by atoms with van der Waals surface area (Å²) in [6, 6.07) is 3.96. The van der Waals surface area contributed by atoms with E-state index in [4.69, 9.17) is 4.74 Å². The van der Waals surface area contributed by atoms with Gasteiger partial charge in [-0.3, -0.25) is 0 Å². The SMILES string of the molecule is CN(C(=O)OC(C)(C)C)[C@H]1CCCN(c2nc3ncccc3[nH]2)C1. The van der Waals surface area contributed by atoms with Crippen LogP contribution < -0.4 is 4.90 Å². The summed E-state index contributed by atoms with van der Waals surface area (Å²) in [7, 11) is 1.81. The van der Waals surface area contributed by atoms with E-state index in [1.165, 1.54) is 0 Å². The molecule has 3 heterocycles. The van der Waals surface area contributed by atoms with Gasteiger partial charge in [0.05, 0.1) is 11.6 Å². The number of imidazole rings is 1. The number of aromatic amines is 1. The average Bonchev–Trinajstić information content (AvgIpc) is 2.96. The third-order valence-corrected chi connectivity index (χ3v) is 4.17. The Kier molecular flexibility index (Phi) is 4.34. The molecule has 1 atom stereocenters. The van der Waals surface area contributed by atoms with Gasteiger partial charge >= 0.3 is 6.09 Å².